The molecule has 6 heteroatoms. The summed E-state index contributed by atoms with van der Waals surface area (Å²) in [6.07, 6.45) is -0.748. The van der Waals surface area contributed by atoms with Crippen molar-refractivity contribution in [3.05, 3.63) is 88.4 Å². The number of nitrogens with one attached hydrogen (secondary N) is 2. The van der Waals surface area contributed by atoms with Crippen molar-refractivity contribution < 1.29 is 14.3 Å². The highest BCUT2D eigenvalue weighted by Gasteiger charge is 2.18. The Kier molecular flexibility index (Phi) is 8.35. The second-order valence-electron chi connectivity index (χ2n) is 8.83. The van der Waals surface area contributed by atoms with Gasteiger partial charge in [0.15, 0.2) is 6.10 Å². The maximum absolute atomic E-state index is 13.0. The number of carbonyl (C=O) groups excluding carboxylic acids is 2. The van der Waals surface area contributed by atoms with Gasteiger partial charge in [-0.2, -0.15) is 0 Å². The predicted octanol–water partition coefficient (Wildman–Crippen LogP) is 7.25. The van der Waals surface area contributed by atoms with E-state index in [9.17, 15) is 9.59 Å². The van der Waals surface area contributed by atoms with E-state index in [1.165, 1.54) is 0 Å². The number of benzene rings is 3. The predicted molar refractivity (Wildman–Crippen MR) is 139 cm³/mol. The van der Waals surface area contributed by atoms with Crippen molar-refractivity contribution in [2.75, 3.05) is 10.6 Å². The van der Waals surface area contributed by atoms with Crippen LogP contribution in [-0.4, -0.2) is 17.9 Å². The molecule has 2 N–H and O–H groups in total. The fourth-order valence-electron chi connectivity index (χ4n) is 3.62. The third-order valence-corrected chi connectivity index (χ3v) is 5.87. The summed E-state index contributed by atoms with van der Waals surface area (Å²) in [7, 11) is 0. The summed E-state index contributed by atoms with van der Waals surface area (Å²) in [4.78, 5) is 25.5. The van der Waals surface area contributed by atoms with E-state index in [0.717, 1.165) is 16.8 Å². The Balaban J connectivity index is 1.68. The minimum Gasteiger partial charge on any atom is -0.481 e. The van der Waals surface area contributed by atoms with Crippen molar-refractivity contribution in [1.29, 1.82) is 0 Å². The van der Waals surface area contributed by atoms with Gasteiger partial charge in [-0.15, -0.1) is 0 Å². The van der Waals surface area contributed by atoms with Crippen LogP contribution in [-0.2, 0) is 4.79 Å². The van der Waals surface area contributed by atoms with Crippen molar-refractivity contribution in [3.8, 4) is 5.75 Å². The van der Waals surface area contributed by atoms with Crippen LogP contribution in [0.3, 0.4) is 0 Å². The first-order chi connectivity index (χ1) is 16.2. The summed E-state index contributed by atoms with van der Waals surface area (Å²) in [6.45, 7) is 10.1. The Morgan fingerprint density at radius 3 is 1.91 bits per heavy atom. The Morgan fingerprint density at radius 2 is 1.35 bits per heavy atom. The van der Waals surface area contributed by atoms with Crippen LogP contribution in [0.25, 0.3) is 0 Å². The summed E-state index contributed by atoms with van der Waals surface area (Å²) < 4.78 is 5.76. The van der Waals surface area contributed by atoms with Gasteiger partial charge in [0, 0.05) is 11.3 Å². The zero-order valence-electron chi connectivity index (χ0n) is 20.2. The smallest absolute Gasteiger partial charge is 0.265 e. The lowest BCUT2D eigenvalue weighted by atomic mass is 9.92. The molecule has 0 unspecified atom stereocenters. The molecule has 0 saturated carbocycles. The molecule has 0 saturated heterocycles. The fraction of sp³-hybridized carbons (Fsp3) is 0.286. The molecule has 0 radical (unpaired) electrons. The average Bonchev–Trinajstić information content (AvgIpc) is 2.80. The molecule has 0 spiro atoms. The summed E-state index contributed by atoms with van der Waals surface area (Å²) in [5.41, 5.74) is 4.13. The Hall–Kier alpha value is -3.31. The lowest BCUT2D eigenvalue weighted by Crippen LogP contribution is -2.30. The molecule has 1 atom stereocenters. The molecule has 2 amide bonds. The number of rotatable bonds is 8. The Labute approximate surface area is 206 Å². The van der Waals surface area contributed by atoms with Crippen LogP contribution in [0.5, 0.6) is 5.75 Å². The van der Waals surface area contributed by atoms with Crippen LogP contribution >= 0.6 is 11.6 Å². The summed E-state index contributed by atoms with van der Waals surface area (Å²) >= 11 is 6.10. The van der Waals surface area contributed by atoms with E-state index in [-0.39, 0.29) is 23.7 Å². The molecule has 0 aliphatic heterocycles. The Bertz CT molecular complexity index is 1130. The normalized spacial score (nSPS) is 11.9. The zero-order chi connectivity index (χ0) is 24.8. The van der Waals surface area contributed by atoms with Crippen LogP contribution in [0.2, 0.25) is 5.02 Å². The van der Waals surface area contributed by atoms with Gasteiger partial charge in [0.25, 0.3) is 11.8 Å². The SMILES string of the molecule is CC(C)c1cccc(C(C)C)c1NC(=O)c1ccc(O[C@@H](C)C(=O)Nc2ccccc2Cl)cc1. The van der Waals surface area contributed by atoms with Crippen molar-refractivity contribution in [3.63, 3.8) is 0 Å². The number of carbonyl (C=O) groups is 2. The van der Waals surface area contributed by atoms with Crippen LogP contribution in [0, 0.1) is 0 Å². The lowest BCUT2D eigenvalue weighted by molar-refractivity contribution is -0.122. The van der Waals surface area contributed by atoms with E-state index < -0.39 is 6.10 Å². The molecular weight excluding hydrogens is 448 g/mol. The molecule has 178 valence electrons. The first-order valence-corrected chi connectivity index (χ1v) is 11.8. The molecule has 34 heavy (non-hydrogen) atoms. The highest BCUT2D eigenvalue weighted by atomic mass is 35.5. The standard InChI is InChI=1S/C28H31ClN2O3/c1-17(2)22-9-8-10-23(18(3)4)26(22)31-28(33)20-13-15-21(16-14-20)34-19(5)27(32)30-25-12-7-6-11-24(25)29/h6-19H,1-5H3,(H,30,32)(H,31,33)/t19-/m0/s1. The van der Waals surface area contributed by atoms with E-state index in [1.54, 1.807) is 55.5 Å². The molecule has 5 nitrogen and oxygen atoms in total. The molecule has 0 bridgehead atoms. The maximum Gasteiger partial charge on any atom is 0.265 e. The quantitative estimate of drug-likeness (QED) is 0.358. The number of anilines is 2. The van der Waals surface area contributed by atoms with Crippen LogP contribution in [0.4, 0.5) is 11.4 Å². The summed E-state index contributed by atoms with van der Waals surface area (Å²) in [5.74, 6) is 0.544. The zero-order valence-corrected chi connectivity index (χ0v) is 20.9. The van der Waals surface area contributed by atoms with Crippen LogP contribution < -0.4 is 15.4 Å². The molecule has 0 heterocycles. The number of hydrogen-bond donors (Lipinski definition) is 2. The minimum absolute atomic E-state index is 0.189. The van der Waals surface area contributed by atoms with Gasteiger partial charge in [0.1, 0.15) is 5.75 Å². The monoisotopic (exact) mass is 478 g/mol. The number of halogens is 1. The van der Waals surface area contributed by atoms with Gasteiger partial charge in [-0.3, -0.25) is 9.59 Å². The maximum atomic E-state index is 13.0. The van der Waals surface area contributed by atoms with Gasteiger partial charge < -0.3 is 15.4 Å². The molecule has 0 aliphatic rings. The van der Waals surface area contributed by atoms with E-state index >= 15 is 0 Å². The largest absolute Gasteiger partial charge is 0.481 e. The number of ether oxygens (including phenoxy) is 1. The first kappa shape index (κ1) is 25.3. The topological polar surface area (TPSA) is 67.4 Å². The van der Waals surface area contributed by atoms with Crippen molar-refractivity contribution in [2.24, 2.45) is 0 Å². The van der Waals surface area contributed by atoms with Gasteiger partial charge in [-0.25, -0.2) is 0 Å². The lowest BCUT2D eigenvalue weighted by Gasteiger charge is -2.20. The number of amides is 2. The molecule has 0 fully saturated rings. The van der Waals surface area contributed by atoms with Crippen molar-refractivity contribution in [2.45, 2.75) is 52.6 Å². The van der Waals surface area contributed by atoms with Gasteiger partial charge >= 0.3 is 0 Å². The summed E-state index contributed by atoms with van der Waals surface area (Å²) in [5, 5.41) is 6.33. The van der Waals surface area contributed by atoms with E-state index in [4.69, 9.17) is 16.3 Å². The Morgan fingerprint density at radius 1 is 0.765 bits per heavy atom. The highest BCUT2D eigenvalue weighted by Crippen LogP contribution is 2.32. The summed E-state index contributed by atoms with van der Waals surface area (Å²) in [6, 6.07) is 19.9. The molecule has 3 rings (SSSR count). The molecule has 3 aromatic carbocycles. The van der Waals surface area contributed by atoms with E-state index in [1.807, 2.05) is 6.07 Å². The number of hydrogen-bond acceptors (Lipinski definition) is 3. The van der Waals surface area contributed by atoms with Gasteiger partial charge in [-0.1, -0.05) is 69.6 Å². The molecule has 3 aromatic rings. The molecule has 0 aromatic heterocycles. The fourth-order valence-corrected chi connectivity index (χ4v) is 3.80. The van der Waals surface area contributed by atoms with Gasteiger partial charge in [0.05, 0.1) is 10.7 Å². The molecule has 0 aliphatic carbocycles. The third kappa shape index (κ3) is 6.17. The van der Waals surface area contributed by atoms with Gasteiger partial charge in [0.2, 0.25) is 0 Å². The van der Waals surface area contributed by atoms with E-state index in [2.05, 4.69) is 50.5 Å². The van der Waals surface area contributed by atoms with Crippen molar-refractivity contribution in [1.82, 2.24) is 0 Å². The van der Waals surface area contributed by atoms with E-state index in [0.29, 0.717) is 22.0 Å². The number of para-hydroxylation sites is 2. The van der Waals surface area contributed by atoms with Crippen LogP contribution in [0.15, 0.2) is 66.7 Å². The minimum atomic E-state index is -0.748. The average molecular weight is 479 g/mol. The second kappa shape index (κ2) is 11.2. The van der Waals surface area contributed by atoms with Crippen molar-refractivity contribution >= 4 is 34.8 Å². The van der Waals surface area contributed by atoms with Gasteiger partial charge in [-0.05, 0) is 66.3 Å². The first-order valence-electron chi connectivity index (χ1n) is 11.4. The second-order valence-corrected chi connectivity index (χ2v) is 9.24. The molecular formula is C28H31ClN2O3. The van der Waals surface area contributed by atoms with Crippen LogP contribution in [0.1, 0.15) is 67.9 Å². The highest BCUT2D eigenvalue weighted by molar-refractivity contribution is 6.33. The third-order valence-electron chi connectivity index (χ3n) is 5.54.